The third-order valence-corrected chi connectivity index (χ3v) is 3.94. The minimum absolute atomic E-state index is 0.0124. The third kappa shape index (κ3) is 4.21. The van der Waals surface area contributed by atoms with Gasteiger partial charge in [0.2, 0.25) is 5.91 Å². The number of amides is 1. The zero-order chi connectivity index (χ0) is 16.8. The van der Waals surface area contributed by atoms with E-state index in [1.54, 1.807) is 12.1 Å². The van der Waals surface area contributed by atoms with E-state index in [2.05, 4.69) is 15.5 Å². The second-order valence-corrected chi connectivity index (χ2v) is 5.69. The van der Waals surface area contributed by atoms with Crippen LogP contribution >= 0.6 is 0 Å². The van der Waals surface area contributed by atoms with Gasteiger partial charge in [-0.05, 0) is 25.0 Å². The van der Waals surface area contributed by atoms with Gasteiger partial charge in [0.15, 0.2) is 12.4 Å². The Morgan fingerprint density at radius 1 is 1.25 bits per heavy atom. The van der Waals surface area contributed by atoms with Crippen molar-refractivity contribution in [2.24, 2.45) is 5.92 Å². The maximum Gasteiger partial charge on any atom is 0.325 e. The van der Waals surface area contributed by atoms with Crippen molar-refractivity contribution in [3.63, 3.8) is 0 Å². The first-order chi connectivity index (χ1) is 11.7. The normalized spacial score (nSPS) is 15.2. The fourth-order valence-electron chi connectivity index (χ4n) is 2.67. The third-order valence-electron chi connectivity index (χ3n) is 3.94. The van der Waals surface area contributed by atoms with E-state index in [4.69, 9.17) is 13.6 Å². The van der Waals surface area contributed by atoms with Crippen molar-refractivity contribution in [1.82, 2.24) is 15.5 Å². The maximum atomic E-state index is 11.9. The van der Waals surface area contributed by atoms with Gasteiger partial charge in [0.25, 0.3) is 11.8 Å². The monoisotopic (exact) mass is 333 g/mol. The summed E-state index contributed by atoms with van der Waals surface area (Å²) in [6, 6.07) is 3.39. The molecule has 0 unspecified atom stereocenters. The van der Waals surface area contributed by atoms with Crippen molar-refractivity contribution >= 4 is 11.9 Å². The van der Waals surface area contributed by atoms with E-state index < -0.39 is 5.97 Å². The Kier molecular flexibility index (Phi) is 5.25. The van der Waals surface area contributed by atoms with E-state index in [-0.39, 0.29) is 36.8 Å². The fourth-order valence-corrected chi connectivity index (χ4v) is 2.67. The van der Waals surface area contributed by atoms with E-state index in [0.29, 0.717) is 5.76 Å². The number of esters is 1. The molecule has 0 aromatic carbocycles. The summed E-state index contributed by atoms with van der Waals surface area (Å²) in [4.78, 5) is 23.6. The Bertz CT molecular complexity index is 674. The summed E-state index contributed by atoms with van der Waals surface area (Å²) in [5, 5.41) is 10.2. The highest BCUT2D eigenvalue weighted by Gasteiger charge is 2.21. The first-order valence-corrected chi connectivity index (χ1v) is 8.02. The number of carbonyl (C=O) groups is 2. The van der Waals surface area contributed by atoms with Crippen molar-refractivity contribution in [3.8, 4) is 11.7 Å². The summed E-state index contributed by atoms with van der Waals surface area (Å²) >= 11 is 0. The van der Waals surface area contributed by atoms with Crippen LogP contribution in [0.15, 0.2) is 27.2 Å². The fraction of sp³-hybridized carbons (Fsp3) is 0.500. The number of hydrogen-bond donors (Lipinski definition) is 1. The molecular weight excluding hydrogens is 314 g/mol. The molecule has 2 heterocycles. The van der Waals surface area contributed by atoms with Gasteiger partial charge in [-0.3, -0.25) is 9.59 Å². The molecule has 0 atom stereocenters. The molecule has 2 aromatic heterocycles. The summed E-state index contributed by atoms with van der Waals surface area (Å²) in [6.07, 6.45) is 6.58. The molecule has 0 aliphatic heterocycles. The van der Waals surface area contributed by atoms with Gasteiger partial charge in [-0.15, -0.1) is 10.2 Å². The predicted octanol–water partition coefficient (Wildman–Crippen LogP) is 2.07. The number of nitrogens with one attached hydrogen (secondary N) is 1. The van der Waals surface area contributed by atoms with Crippen LogP contribution in [0, 0.1) is 5.92 Å². The highest BCUT2D eigenvalue weighted by molar-refractivity contribution is 5.83. The van der Waals surface area contributed by atoms with Crippen molar-refractivity contribution < 1.29 is 23.2 Å². The minimum Gasteiger partial charge on any atom is -0.459 e. The Labute approximate surface area is 138 Å². The Hall–Kier alpha value is -2.64. The van der Waals surface area contributed by atoms with Gasteiger partial charge in [-0.25, -0.2) is 0 Å². The van der Waals surface area contributed by atoms with Gasteiger partial charge in [0.1, 0.15) is 6.54 Å². The molecule has 8 nitrogen and oxygen atoms in total. The van der Waals surface area contributed by atoms with E-state index in [1.807, 2.05) is 0 Å². The van der Waals surface area contributed by atoms with Crippen LogP contribution < -0.4 is 5.32 Å². The van der Waals surface area contributed by atoms with Crippen LogP contribution in [0.2, 0.25) is 0 Å². The molecule has 24 heavy (non-hydrogen) atoms. The number of nitrogens with zero attached hydrogens (tertiary/aromatic N) is 2. The minimum atomic E-state index is -0.545. The summed E-state index contributed by atoms with van der Waals surface area (Å²) in [6.45, 7) is -0.305. The number of hydrogen-bond acceptors (Lipinski definition) is 7. The average Bonchev–Trinajstić information content (AvgIpc) is 3.29. The number of carbonyl (C=O) groups excluding carboxylic acids is 2. The lowest BCUT2D eigenvalue weighted by Crippen LogP contribution is -2.36. The topological polar surface area (TPSA) is 107 Å². The van der Waals surface area contributed by atoms with Crippen LogP contribution in [0.25, 0.3) is 11.7 Å². The number of ether oxygens (including phenoxy) is 1. The standard InChI is InChI=1S/C16H19N3O5/c20-14(9-17-15(21)11-5-2-1-3-6-11)23-10-13-18-19-16(24-13)12-7-4-8-22-12/h4,7-8,11H,1-3,5-6,9-10H2,(H,17,21). The van der Waals surface area contributed by atoms with Gasteiger partial charge in [0.05, 0.1) is 6.26 Å². The Morgan fingerprint density at radius 2 is 2.08 bits per heavy atom. The van der Waals surface area contributed by atoms with E-state index in [0.717, 1.165) is 25.7 Å². The molecule has 2 aromatic rings. The van der Waals surface area contributed by atoms with E-state index in [1.165, 1.54) is 12.7 Å². The number of rotatable bonds is 6. The SMILES string of the molecule is O=C(CNC(=O)C1CCCCC1)OCc1nnc(-c2ccco2)o1. The number of furan rings is 1. The lowest BCUT2D eigenvalue weighted by Gasteiger charge is -2.20. The highest BCUT2D eigenvalue weighted by atomic mass is 16.5. The van der Waals surface area contributed by atoms with Crippen molar-refractivity contribution in [2.45, 2.75) is 38.7 Å². The van der Waals surface area contributed by atoms with Crippen molar-refractivity contribution in [1.29, 1.82) is 0 Å². The smallest absolute Gasteiger partial charge is 0.325 e. The molecule has 0 radical (unpaired) electrons. The molecule has 1 fully saturated rings. The molecule has 1 saturated carbocycles. The second kappa shape index (κ2) is 7.76. The molecule has 8 heteroatoms. The first kappa shape index (κ1) is 16.2. The van der Waals surface area contributed by atoms with Crippen LogP contribution in [-0.2, 0) is 20.9 Å². The average molecular weight is 333 g/mol. The van der Waals surface area contributed by atoms with Gasteiger partial charge in [-0.1, -0.05) is 19.3 Å². The molecule has 1 aliphatic carbocycles. The van der Waals surface area contributed by atoms with E-state index in [9.17, 15) is 9.59 Å². The van der Waals surface area contributed by atoms with Crippen molar-refractivity contribution in [3.05, 3.63) is 24.3 Å². The molecule has 1 amide bonds. The quantitative estimate of drug-likeness (QED) is 0.806. The van der Waals surface area contributed by atoms with Gasteiger partial charge < -0.3 is 18.9 Å². The first-order valence-electron chi connectivity index (χ1n) is 8.02. The predicted molar refractivity (Wildman–Crippen MR) is 81.4 cm³/mol. The Balaban J connectivity index is 1.40. The highest BCUT2D eigenvalue weighted by Crippen LogP contribution is 2.23. The van der Waals surface area contributed by atoms with Gasteiger partial charge in [-0.2, -0.15) is 0 Å². The van der Waals surface area contributed by atoms with Crippen molar-refractivity contribution in [2.75, 3.05) is 6.54 Å². The van der Waals surface area contributed by atoms with Crippen LogP contribution in [0.1, 0.15) is 38.0 Å². The zero-order valence-corrected chi connectivity index (χ0v) is 13.2. The van der Waals surface area contributed by atoms with Crippen LogP contribution in [0.3, 0.4) is 0 Å². The summed E-state index contributed by atoms with van der Waals surface area (Å²) in [5.74, 6) is 0.213. The molecule has 1 N–H and O–H groups in total. The zero-order valence-electron chi connectivity index (χ0n) is 13.2. The van der Waals surface area contributed by atoms with Crippen LogP contribution in [0.5, 0.6) is 0 Å². The van der Waals surface area contributed by atoms with Crippen LogP contribution in [0.4, 0.5) is 0 Å². The molecule has 0 saturated heterocycles. The van der Waals surface area contributed by atoms with Gasteiger partial charge in [0, 0.05) is 5.92 Å². The molecule has 128 valence electrons. The largest absolute Gasteiger partial charge is 0.459 e. The summed E-state index contributed by atoms with van der Waals surface area (Å²) < 4.78 is 15.5. The van der Waals surface area contributed by atoms with Gasteiger partial charge >= 0.3 is 5.97 Å². The Morgan fingerprint density at radius 3 is 2.83 bits per heavy atom. The molecule has 0 spiro atoms. The summed E-state index contributed by atoms with van der Waals surface area (Å²) in [5.41, 5.74) is 0. The molecule has 0 bridgehead atoms. The van der Waals surface area contributed by atoms with Crippen LogP contribution in [-0.4, -0.2) is 28.6 Å². The van der Waals surface area contributed by atoms with E-state index >= 15 is 0 Å². The molecule has 1 aliphatic rings. The maximum absolute atomic E-state index is 11.9. The lowest BCUT2D eigenvalue weighted by molar-refractivity contribution is -0.146. The second-order valence-electron chi connectivity index (χ2n) is 5.69. The lowest BCUT2D eigenvalue weighted by atomic mass is 9.89. The molecular formula is C16H19N3O5. The molecule has 3 rings (SSSR count). The number of aromatic nitrogens is 2. The summed E-state index contributed by atoms with van der Waals surface area (Å²) in [7, 11) is 0.